The lowest BCUT2D eigenvalue weighted by Crippen LogP contribution is -2.28. The third-order valence-corrected chi connectivity index (χ3v) is 2.53. The molecule has 1 aliphatic heterocycles. The molecule has 0 aromatic heterocycles. The second kappa shape index (κ2) is 5.98. The van der Waals surface area contributed by atoms with Gasteiger partial charge in [-0.2, -0.15) is 0 Å². The van der Waals surface area contributed by atoms with E-state index < -0.39 is 11.2 Å². The van der Waals surface area contributed by atoms with Gasteiger partial charge in [-0.1, -0.05) is 0 Å². The van der Waals surface area contributed by atoms with Crippen molar-refractivity contribution in [3.8, 4) is 0 Å². The van der Waals surface area contributed by atoms with E-state index in [0.717, 1.165) is 32.4 Å². The summed E-state index contributed by atoms with van der Waals surface area (Å²) >= 11 is 4.93. The van der Waals surface area contributed by atoms with Gasteiger partial charge in [0, 0.05) is 0 Å². The van der Waals surface area contributed by atoms with E-state index in [0.29, 0.717) is 12.5 Å². The molecule has 0 aliphatic carbocycles. The van der Waals surface area contributed by atoms with Gasteiger partial charge in [-0.15, -0.1) is 0 Å². The number of hydrogen-bond acceptors (Lipinski definition) is 4. The Kier molecular flexibility index (Phi) is 4.90. The van der Waals surface area contributed by atoms with Gasteiger partial charge in [0.05, 0.1) is 6.61 Å². The van der Waals surface area contributed by atoms with Crippen LogP contribution in [0.3, 0.4) is 0 Å². The Morgan fingerprint density at radius 3 is 2.57 bits per heavy atom. The first kappa shape index (κ1) is 11.5. The van der Waals surface area contributed by atoms with Crippen LogP contribution in [0.2, 0.25) is 0 Å². The molecule has 0 radical (unpaired) electrons. The summed E-state index contributed by atoms with van der Waals surface area (Å²) in [6.45, 7) is 2.34. The molecule has 0 unspecified atom stereocenters. The number of carbonyl (C=O) groups excluding carboxylic acids is 2. The summed E-state index contributed by atoms with van der Waals surface area (Å²) in [5.41, 5.74) is 0. The standard InChI is InChI=1S/C9H14ClNO3/c10-8(12)9(13)14-6-3-7-1-4-11-5-2-7/h7,11H,1-6H2. The number of piperidine rings is 1. The molecule has 0 saturated carbocycles. The van der Waals surface area contributed by atoms with Gasteiger partial charge in [0.15, 0.2) is 0 Å². The lowest BCUT2D eigenvalue weighted by molar-refractivity contribution is -0.150. The third-order valence-electron chi connectivity index (χ3n) is 2.38. The molecule has 5 heteroatoms. The predicted octanol–water partition coefficient (Wildman–Crippen LogP) is 0.685. The van der Waals surface area contributed by atoms with Gasteiger partial charge < -0.3 is 10.1 Å². The Morgan fingerprint density at radius 1 is 1.36 bits per heavy atom. The normalized spacial score (nSPS) is 17.8. The molecule has 0 spiro atoms. The first-order chi connectivity index (χ1) is 6.70. The van der Waals surface area contributed by atoms with Crippen LogP contribution in [0.15, 0.2) is 0 Å². The van der Waals surface area contributed by atoms with Crippen molar-refractivity contribution in [2.75, 3.05) is 19.7 Å². The summed E-state index contributed by atoms with van der Waals surface area (Å²) < 4.78 is 4.67. The van der Waals surface area contributed by atoms with Gasteiger partial charge in [0.25, 0.3) is 0 Å². The molecular formula is C9H14ClNO3. The minimum atomic E-state index is -1.05. The Labute approximate surface area is 87.9 Å². The van der Waals surface area contributed by atoms with Gasteiger partial charge in [0.1, 0.15) is 0 Å². The fourth-order valence-corrected chi connectivity index (χ4v) is 1.60. The number of rotatable bonds is 4. The van der Waals surface area contributed by atoms with E-state index in [-0.39, 0.29) is 0 Å². The first-order valence-electron chi connectivity index (χ1n) is 4.77. The summed E-state index contributed by atoms with van der Waals surface area (Å²) in [5.74, 6) is -0.352. The fraction of sp³-hybridized carbons (Fsp3) is 0.778. The van der Waals surface area contributed by atoms with Crippen molar-refractivity contribution in [1.29, 1.82) is 0 Å². The summed E-state index contributed by atoms with van der Waals surface area (Å²) in [7, 11) is 0. The van der Waals surface area contributed by atoms with Crippen molar-refractivity contribution in [1.82, 2.24) is 5.32 Å². The molecule has 4 nitrogen and oxygen atoms in total. The number of ether oxygens (including phenoxy) is 1. The first-order valence-corrected chi connectivity index (χ1v) is 5.15. The Bertz CT molecular complexity index is 214. The largest absolute Gasteiger partial charge is 0.459 e. The van der Waals surface area contributed by atoms with E-state index in [9.17, 15) is 9.59 Å². The maximum absolute atomic E-state index is 10.7. The quantitative estimate of drug-likeness (QED) is 0.429. The highest BCUT2D eigenvalue weighted by molar-refractivity contribution is 6.80. The van der Waals surface area contributed by atoms with Crippen molar-refractivity contribution >= 4 is 22.8 Å². The van der Waals surface area contributed by atoms with Crippen LogP contribution in [-0.4, -0.2) is 30.9 Å². The maximum atomic E-state index is 10.7. The summed E-state index contributed by atoms with van der Waals surface area (Å²) in [6.07, 6.45) is 3.02. The lowest BCUT2D eigenvalue weighted by atomic mass is 9.95. The van der Waals surface area contributed by atoms with E-state index in [1.807, 2.05) is 0 Å². The molecule has 80 valence electrons. The number of carbonyl (C=O) groups is 2. The summed E-state index contributed by atoms with van der Waals surface area (Å²) in [6, 6.07) is 0. The molecular weight excluding hydrogens is 206 g/mol. The van der Waals surface area contributed by atoms with Crippen LogP contribution in [0, 0.1) is 5.92 Å². The molecule has 14 heavy (non-hydrogen) atoms. The van der Waals surface area contributed by atoms with Gasteiger partial charge in [-0.05, 0) is 49.9 Å². The molecule has 0 aromatic carbocycles. The third kappa shape index (κ3) is 4.07. The number of hydrogen-bond donors (Lipinski definition) is 1. The molecule has 1 rings (SSSR count). The molecule has 1 fully saturated rings. The van der Waals surface area contributed by atoms with Gasteiger partial charge in [-0.3, -0.25) is 4.79 Å². The SMILES string of the molecule is O=C(Cl)C(=O)OCCC1CCNCC1. The number of halogens is 1. The number of esters is 1. The second-order valence-electron chi connectivity index (χ2n) is 3.39. The predicted molar refractivity (Wildman–Crippen MR) is 52.0 cm³/mol. The Balaban J connectivity index is 2.08. The van der Waals surface area contributed by atoms with Gasteiger partial charge >= 0.3 is 11.2 Å². The molecule has 0 aromatic rings. The molecule has 0 atom stereocenters. The van der Waals surface area contributed by atoms with E-state index >= 15 is 0 Å². The van der Waals surface area contributed by atoms with E-state index in [4.69, 9.17) is 11.6 Å². The second-order valence-corrected chi connectivity index (χ2v) is 3.73. The molecule has 0 bridgehead atoms. The highest BCUT2D eigenvalue weighted by atomic mass is 35.5. The van der Waals surface area contributed by atoms with Crippen molar-refractivity contribution in [3.05, 3.63) is 0 Å². The van der Waals surface area contributed by atoms with Crippen LogP contribution in [0.1, 0.15) is 19.3 Å². The molecule has 0 amide bonds. The van der Waals surface area contributed by atoms with E-state index in [1.54, 1.807) is 0 Å². The van der Waals surface area contributed by atoms with E-state index in [1.165, 1.54) is 0 Å². The van der Waals surface area contributed by atoms with Crippen LogP contribution in [0.5, 0.6) is 0 Å². The smallest absolute Gasteiger partial charge is 0.391 e. The van der Waals surface area contributed by atoms with Crippen LogP contribution < -0.4 is 5.32 Å². The van der Waals surface area contributed by atoms with Crippen LogP contribution in [-0.2, 0) is 14.3 Å². The highest BCUT2D eigenvalue weighted by Crippen LogP contribution is 2.15. The molecule has 1 heterocycles. The van der Waals surface area contributed by atoms with Crippen LogP contribution in [0.25, 0.3) is 0 Å². The van der Waals surface area contributed by atoms with Crippen molar-refractivity contribution in [2.24, 2.45) is 5.92 Å². The number of nitrogens with one attached hydrogen (secondary N) is 1. The van der Waals surface area contributed by atoms with Gasteiger partial charge in [0.2, 0.25) is 0 Å². The van der Waals surface area contributed by atoms with Crippen LogP contribution in [0.4, 0.5) is 0 Å². The lowest BCUT2D eigenvalue weighted by Gasteiger charge is -2.21. The molecule has 1 aliphatic rings. The Hall–Kier alpha value is -0.610. The van der Waals surface area contributed by atoms with Crippen molar-refractivity contribution < 1.29 is 14.3 Å². The van der Waals surface area contributed by atoms with Crippen LogP contribution >= 0.6 is 11.6 Å². The van der Waals surface area contributed by atoms with Crippen molar-refractivity contribution in [3.63, 3.8) is 0 Å². The maximum Gasteiger partial charge on any atom is 0.391 e. The van der Waals surface area contributed by atoms with Gasteiger partial charge in [-0.25, -0.2) is 4.79 Å². The zero-order valence-electron chi connectivity index (χ0n) is 7.92. The zero-order valence-corrected chi connectivity index (χ0v) is 8.68. The zero-order chi connectivity index (χ0) is 10.4. The average Bonchev–Trinajstić information content (AvgIpc) is 2.19. The summed E-state index contributed by atoms with van der Waals surface area (Å²) in [4.78, 5) is 21.0. The summed E-state index contributed by atoms with van der Waals surface area (Å²) in [5, 5.41) is 2.20. The minimum absolute atomic E-state index is 0.294. The Morgan fingerprint density at radius 2 is 2.00 bits per heavy atom. The molecule has 1 saturated heterocycles. The average molecular weight is 220 g/mol. The monoisotopic (exact) mass is 219 g/mol. The minimum Gasteiger partial charge on any atom is -0.459 e. The molecule has 1 N–H and O–H groups in total. The highest BCUT2D eigenvalue weighted by Gasteiger charge is 2.15. The topological polar surface area (TPSA) is 55.4 Å². The van der Waals surface area contributed by atoms with Crippen molar-refractivity contribution in [2.45, 2.75) is 19.3 Å². The van der Waals surface area contributed by atoms with E-state index in [2.05, 4.69) is 10.1 Å². The fourth-order valence-electron chi connectivity index (χ4n) is 1.55.